The van der Waals surface area contributed by atoms with E-state index in [-0.39, 0.29) is 18.0 Å². The molecule has 1 amide bonds. The number of carbonyl (C=O) groups is 2. The van der Waals surface area contributed by atoms with Crippen molar-refractivity contribution in [3.8, 4) is 0 Å². The summed E-state index contributed by atoms with van der Waals surface area (Å²) >= 11 is 0. The Morgan fingerprint density at radius 3 is 2.45 bits per heavy atom. The summed E-state index contributed by atoms with van der Waals surface area (Å²) in [6.45, 7) is 1.74. The van der Waals surface area contributed by atoms with Crippen LogP contribution in [0.2, 0.25) is 0 Å². The van der Waals surface area contributed by atoms with E-state index in [1.165, 1.54) is 17.7 Å². The first-order chi connectivity index (χ1) is 10.5. The van der Waals surface area contributed by atoms with Crippen molar-refractivity contribution in [1.82, 2.24) is 4.57 Å². The molecule has 22 heavy (non-hydrogen) atoms. The van der Waals surface area contributed by atoms with Crippen molar-refractivity contribution in [2.45, 2.75) is 13.5 Å². The summed E-state index contributed by atoms with van der Waals surface area (Å²) in [5.41, 5.74) is 1.56. The van der Waals surface area contributed by atoms with Gasteiger partial charge in [-0.05, 0) is 42.8 Å². The number of aromatic nitrogens is 1. The Balaban J connectivity index is 2.03. The van der Waals surface area contributed by atoms with Crippen molar-refractivity contribution in [1.29, 1.82) is 0 Å². The molecular formula is C16H16N2O4. The van der Waals surface area contributed by atoms with Gasteiger partial charge in [-0.2, -0.15) is 0 Å². The van der Waals surface area contributed by atoms with Crippen LogP contribution < -0.4 is 10.9 Å². The first-order valence-corrected chi connectivity index (χ1v) is 6.65. The number of amides is 1. The van der Waals surface area contributed by atoms with E-state index in [0.717, 1.165) is 5.56 Å². The molecule has 1 aromatic carbocycles. The van der Waals surface area contributed by atoms with Gasteiger partial charge in [0.25, 0.3) is 5.56 Å². The van der Waals surface area contributed by atoms with Crippen molar-refractivity contribution < 1.29 is 14.3 Å². The van der Waals surface area contributed by atoms with Gasteiger partial charge in [0.1, 0.15) is 6.54 Å². The largest absolute Gasteiger partial charge is 0.465 e. The number of methoxy groups -OCH3 is 1. The number of anilines is 1. The highest BCUT2D eigenvalue weighted by Crippen LogP contribution is 2.10. The van der Waals surface area contributed by atoms with Gasteiger partial charge in [0, 0.05) is 18.0 Å². The maximum atomic E-state index is 11.9. The summed E-state index contributed by atoms with van der Waals surface area (Å²) in [6.07, 6.45) is 1.58. The lowest BCUT2D eigenvalue weighted by Gasteiger charge is -2.08. The summed E-state index contributed by atoms with van der Waals surface area (Å²) in [7, 11) is 1.30. The van der Waals surface area contributed by atoms with E-state index in [1.54, 1.807) is 36.5 Å². The molecule has 0 saturated carbocycles. The standard InChI is InChI=1S/C16H16N2O4/c1-11-7-8-18(15(20)9-11)10-14(19)17-13-5-3-12(4-6-13)16(21)22-2/h3-9H,10H2,1-2H3,(H,17,19). The Bertz CT molecular complexity index is 747. The number of hydrogen-bond donors (Lipinski definition) is 1. The minimum absolute atomic E-state index is 0.0716. The van der Waals surface area contributed by atoms with Crippen LogP contribution in [0.1, 0.15) is 15.9 Å². The molecule has 0 radical (unpaired) electrons. The van der Waals surface area contributed by atoms with Gasteiger partial charge in [-0.25, -0.2) is 4.79 Å². The zero-order valence-corrected chi connectivity index (χ0v) is 12.3. The van der Waals surface area contributed by atoms with Crippen LogP contribution in [0.5, 0.6) is 0 Å². The smallest absolute Gasteiger partial charge is 0.337 e. The molecule has 0 atom stereocenters. The van der Waals surface area contributed by atoms with Crippen LogP contribution in [0.4, 0.5) is 5.69 Å². The van der Waals surface area contributed by atoms with Crippen molar-refractivity contribution in [3.63, 3.8) is 0 Å². The molecule has 0 aliphatic rings. The number of hydrogen-bond acceptors (Lipinski definition) is 4. The van der Waals surface area contributed by atoms with Gasteiger partial charge in [-0.15, -0.1) is 0 Å². The minimum Gasteiger partial charge on any atom is -0.465 e. The number of pyridine rings is 1. The SMILES string of the molecule is COC(=O)c1ccc(NC(=O)Cn2ccc(C)cc2=O)cc1. The third-order valence-electron chi connectivity index (χ3n) is 3.06. The lowest BCUT2D eigenvalue weighted by molar-refractivity contribution is -0.116. The first-order valence-electron chi connectivity index (χ1n) is 6.65. The highest BCUT2D eigenvalue weighted by molar-refractivity contribution is 5.92. The zero-order chi connectivity index (χ0) is 16.1. The highest BCUT2D eigenvalue weighted by atomic mass is 16.5. The van der Waals surface area contributed by atoms with Gasteiger partial charge < -0.3 is 14.6 Å². The summed E-state index contributed by atoms with van der Waals surface area (Å²) in [4.78, 5) is 34.9. The number of nitrogens with one attached hydrogen (secondary N) is 1. The Morgan fingerprint density at radius 1 is 1.18 bits per heavy atom. The van der Waals surface area contributed by atoms with Gasteiger partial charge in [0.2, 0.25) is 5.91 Å². The molecule has 6 heteroatoms. The summed E-state index contributed by atoms with van der Waals surface area (Å²) in [6, 6.07) is 9.54. The molecule has 0 bridgehead atoms. The predicted octanol–water partition coefficient (Wildman–Crippen LogP) is 1.58. The molecule has 0 unspecified atom stereocenters. The molecule has 114 valence electrons. The van der Waals surface area contributed by atoms with E-state index < -0.39 is 5.97 Å². The van der Waals surface area contributed by atoms with Gasteiger partial charge >= 0.3 is 5.97 Å². The predicted molar refractivity (Wildman–Crippen MR) is 81.9 cm³/mol. The molecule has 1 aromatic heterocycles. The molecule has 6 nitrogen and oxygen atoms in total. The number of benzene rings is 1. The lowest BCUT2D eigenvalue weighted by Crippen LogP contribution is -2.26. The number of rotatable bonds is 4. The molecular weight excluding hydrogens is 284 g/mol. The van der Waals surface area contributed by atoms with E-state index in [2.05, 4.69) is 10.1 Å². The lowest BCUT2D eigenvalue weighted by atomic mass is 10.2. The number of carbonyl (C=O) groups excluding carboxylic acids is 2. The van der Waals surface area contributed by atoms with Crippen LogP contribution in [-0.2, 0) is 16.1 Å². The number of aryl methyl sites for hydroxylation is 1. The minimum atomic E-state index is -0.441. The molecule has 0 aliphatic heterocycles. The van der Waals surface area contributed by atoms with E-state index >= 15 is 0 Å². The average Bonchev–Trinajstić information content (AvgIpc) is 2.50. The summed E-state index contributed by atoms with van der Waals surface area (Å²) in [5.74, 6) is -0.763. The number of nitrogens with zero attached hydrogens (tertiary/aromatic N) is 1. The van der Waals surface area contributed by atoms with Gasteiger partial charge in [-0.1, -0.05) is 0 Å². The highest BCUT2D eigenvalue weighted by Gasteiger charge is 2.07. The molecule has 1 heterocycles. The molecule has 0 spiro atoms. The first kappa shape index (κ1) is 15.5. The Morgan fingerprint density at radius 2 is 1.86 bits per heavy atom. The van der Waals surface area contributed by atoms with Gasteiger partial charge in [-0.3, -0.25) is 9.59 Å². The maximum absolute atomic E-state index is 11.9. The second-order valence-corrected chi connectivity index (χ2v) is 4.79. The Kier molecular flexibility index (Phi) is 4.73. The number of esters is 1. The quantitative estimate of drug-likeness (QED) is 0.870. The van der Waals surface area contributed by atoms with Crippen LogP contribution in [0.25, 0.3) is 0 Å². The Hall–Kier alpha value is -2.89. The zero-order valence-electron chi connectivity index (χ0n) is 12.3. The van der Waals surface area contributed by atoms with Crippen LogP contribution >= 0.6 is 0 Å². The topological polar surface area (TPSA) is 77.4 Å². The van der Waals surface area contributed by atoms with E-state index in [0.29, 0.717) is 11.3 Å². The van der Waals surface area contributed by atoms with Crippen molar-refractivity contribution in [3.05, 3.63) is 64.1 Å². The van der Waals surface area contributed by atoms with Crippen LogP contribution in [0, 0.1) is 6.92 Å². The monoisotopic (exact) mass is 300 g/mol. The van der Waals surface area contributed by atoms with E-state index in [1.807, 2.05) is 6.92 Å². The fourth-order valence-corrected chi connectivity index (χ4v) is 1.90. The third-order valence-corrected chi connectivity index (χ3v) is 3.06. The van der Waals surface area contributed by atoms with E-state index in [4.69, 9.17) is 0 Å². The normalized spacial score (nSPS) is 10.1. The summed E-state index contributed by atoms with van der Waals surface area (Å²) < 4.78 is 5.92. The van der Waals surface area contributed by atoms with Gasteiger partial charge in [0.15, 0.2) is 0 Å². The second-order valence-electron chi connectivity index (χ2n) is 4.79. The molecule has 1 N–H and O–H groups in total. The van der Waals surface area contributed by atoms with Crippen LogP contribution in [0.3, 0.4) is 0 Å². The summed E-state index contributed by atoms with van der Waals surface area (Å²) in [5, 5.41) is 2.67. The maximum Gasteiger partial charge on any atom is 0.337 e. The average molecular weight is 300 g/mol. The number of ether oxygens (including phenoxy) is 1. The molecule has 0 saturated heterocycles. The second kappa shape index (κ2) is 6.71. The van der Waals surface area contributed by atoms with Crippen molar-refractivity contribution >= 4 is 17.6 Å². The molecule has 0 aliphatic carbocycles. The molecule has 0 fully saturated rings. The Labute approximate surface area is 127 Å². The fraction of sp³-hybridized carbons (Fsp3) is 0.188. The molecule has 2 rings (SSSR count). The van der Waals surface area contributed by atoms with E-state index in [9.17, 15) is 14.4 Å². The van der Waals surface area contributed by atoms with Crippen molar-refractivity contribution in [2.24, 2.45) is 0 Å². The molecule has 2 aromatic rings. The van der Waals surface area contributed by atoms with Crippen molar-refractivity contribution in [2.75, 3.05) is 12.4 Å². The van der Waals surface area contributed by atoms with Crippen LogP contribution in [0.15, 0.2) is 47.4 Å². The van der Waals surface area contributed by atoms with Crippen LogP contribution in [-0.4, -0.2) is 23.6 Å². The van der Waals surface area contributed by atoms with Gasteiger partial charge in [0.05, 0.1) is 12.7 Å². The third kappa shape index (κ3) is 3.82. The fourth-order valence-electron chi connectivity index (χ4n) is 1.90.